The Morgan fingerprint density at radius 1 is 1.09 bits per heavy atom. The van der Waals surface area contributed by atoms with Crippen LogP contribution < -0.4 is 11.1 Å². The minimum absolute atomic E-state index is 0.0403. The van der Waals surface area contributed by atoms with Gasteiger partial charge in [-0.1, -0.05) is 30.3 Å². The second-order valence-corrected chi connectivity index (χ2v) is 7.48. The summed E-state index contributed by atoms with van der Waals surface area (Å²) < 4.78 is 55.5. The summed E-state index contributed by atoms with van der Waals surface area (Å²) in [6.07, 6.45) is -4.86. The molecule has 0 spiro atoms. The first-order valence-corrected chi connectivity index (χ1v) is 9.94. The van der Waals surface area contributed by atoms with Crippen molar-refractivity contribution in [3.63, 3.8) is 0 Å². The molecule has 4 aromatic rings. The molecule has 0 aliphatic rings. The van der Waals surface area contributed by atoms with Crippen LogP contribution in [-0.4, -0.2) is 26.6 Å². The van der Waals surface area contributed by atoms with Crippen molar-refractivity contribution in [2.75, 3.05) is 5.32 Å². The number of halogens is 4. The molecular formula is C23H17F4N5O2. The van der Waals surface area contributed by atoms with Crippen molar-refractivity contribution in [1.82, 2.24) is 14.8 Å². The van der Waals surface area contributed by atoms with Gasteiger partial charge in [-0.05, 0) is 36.8 Å². The van der Waals surface area contributed by atoms with Crippen LogP contribution in [0.2, 0.25) is 0 Å². The number of amides is 2. The molecule has 11 heteroatoms. The van der Waals surface area contributed by atoms with Gasteiger partial charge in [-0.15, -0.1) is 0 Å². The first-order valence-electron chi connectivity index (χ1n) is 9.94. The predicted molar refractivity (Wildman–Crippen MR) is 116 cm³/mol. The maximum absolute atomic E-state index is 13.8. The highest BCUT2D eigenvalue weighted by Crippen LogP contribution is 2.36. The normalized spacial score (nSPS) is 11.6. The van der Waals surface area contributed by atoms with Gasteiger partial charge in [0.15, 0.2) is 5.69 Å². The van der Waals surface area contributed by atoms with Gasteiger partial charge in [-0.25, -0.2) is 9.37 Å². The molecule has 0 fully saturated rings. The number of nitrogens with one attached hydrogen (secondary N) is 1. The second kappa shape index (κ2) is 8.58. The zero-order valence-corrected chi connectivity index (χ0v) is 17.7. The third-order valence-corrected chi connectivity index (χ3v) is 5.17. The summed E-state index contributed by atoms with van der Waals surface area (Å²) in [6.45, 7) is 1.30. The number of anilines is 1. The molecule has 0 atom stereocenters. The molecule has 174 valence electrons. The van der Waals surface area contributed by atoms with E-state index in [1.54, 1.807) is 24.3 Å². The van der Waals surface area contributed by atoms with E-state index in [2.05, 4.69) is 15.4 Å². The number of hydrogen-bond acceptors (Lipinski definition) is 4. The van der Waals surface area contributed by atoms with Crippen molar-refractivity contribution in [3.8, 4) is 0 Å². The highest BCUT2D eigenvalue weighted by atomic mass is 19.4. The highest BCUT2D eigenvalue weighted by Gasteiger charge is 2.39. The first-order chi connectivity index (χ1) is 16.0. The Bertz CT molecular complexity index is 1410. The number of fused-ring (bicyclic) bond motifs is 1. The van der Waals surface area contributed by atoms with E-state index in [4.69, 9.17) is 5.73 Å². The number of primary amides is 1. The molecule has 4 rings (SSSR count). The standard InChI is InChI=1S/C23H17F4N5O2/c1-12-19(20(23(25,26)27)31-32(12)11-13-6-8-14(24)9-7-13)30-22(34)16-10-18(21(28)33)29-17-5-3-2-4-15(16)17/h2-10H,11H2,1H3,(H2,28,33)(H,30,34). The van der Waals surface area contributed by atoms with E-state index >= 15 is 0 Å². The zero-order chi connectivity index (χ0) is 24.6. The van der Waals surface area contributed by atoms with E-state index < -0.39 is 35.2 Å². The van der Waals surface area contributed by atoms with Crippen molar-refractivity contribution in [2.45, 2.75) is 19.6 Å². The Hall–Kier alpha value is -4.28. The second-order valence-electron chi connectivity index (χ2n) is 7.48. The molecule has 2 aromatic carbocycles. The maximum atomic E-state index is 13.8. The summed E-state index contributed by atoms with van der Waals surface area (Å²) in [5, 5.41) is 6.27. The quantitative estimate of drug-likeness (QED) is 0.424. The monoisotopic (exact) mass is 471 g/mol. The fraction of sp³-hybridized carbons (Fsp3) is 0.130. The van der Waals surface area contributed by atoms with E-state index in [9.17, 15) is 27.2 Å². The fourth-order valence-corrected chi connectivity index (χ4v) is 3.48. The minimum Gasteiger partial charge on any atom is -0.364 e. The number of nitrogens with zero attached hydrogens (tertiary/aromatic N) is 3. The van der Waals surface area contributed by atoms with Crippen molar-refractivity contribution in [3.05, 3.63) is 88.6 Å². The number of pyridine rings is 1. The lowest BCUT2D eigenvalue weighted by atomic mass is 10.1. The summed E-state index contributed by atoms with van der Waals surface area (Å²) >= 11 is 0. The number of carbonyl (C=O) groups excluding carboxylic acids is 2. The van der Waals surface area contributed by atoms with Gasteiger partial charge in [0.1, 0.15) is 11.5 Å². The first kappa shape index (κ1) is 22.9. The number of alkyl halides is 3. The summed E-state index contributed by atoms with van der Waals surface area (Å²) in [5.41, 5.74) is 4.05. The molecule has 0 bridgehead atoms. The Balaban J connectivity index is 1.76. The molecular weight excluding hydrogens is 454 g/mol. The molecule has 0 aliphatic carbocycles. The van der Waals surface area contributed by atoms with Gasteiger partial charge < -0.3 is 11.1 Å². The molecule has 0 saturated carbocycles. The number of hydrogen-bond donors (Lipinski definition) is 2. The van der Waals surface area contributed by atoms with Gasteiger partial charge in [-0.3, -0.25) is 14.3 Å². The van der Waals surface area contributed by atoms with E-state index in [-0.39, 0.29) is 29.0 Å². The summed E-state index contributed by atoms with van der Waals surface area (Å²) in [4.78, 5) is 28.8. The van der Waals surface area contributed by atoms with Crippen molar-refractivity contribution < 1.29 is 27.2 Å². The molecule has 2 heterocycles. The van der Waals surface area contributed by atoms with Gasteiger partial charge in [0.05, 0.1) is 29.0 Å². The fourth-order valence-electron chi connectivity index (χ4n) is 3.48. The molecule has 2 aromatic heterocycles. The SMILES string of the molecule is Cc1c(NC(=O)c2cc(C(N)=O)nc3ccccc23)c(C(F)(F)F)nn1Cc1ccc(F)cc1. The van der Waals surface area contributed by atoms with Crippen LogP contribution in [-0.2, 0) is 12.7 Å². The lowest BCUT2D eigenvalue weighted by molar-refractivity contribution is -0.140. The topological polar surface area (TPSA) is 103 Å². The minimum atomic E-state index is -4.86. The molecule has 2 amide bonds. The van der Waals surface area contributed by atoms with Crippen LogP contribution in [0.1, 0.15) is 37.8 Å². The molecule has 0 radical (unpaired) electrons. The van der Waals surface area contributed by atoms with E-state index in [0.29, 0.717) is 10.9 Å². The molecule has 0 saturated heterocycles. The van der Waals surface area contributed by atoms with Crippen LogP contribution in [0, 0.1) is 12.7 Å². The van der Waals surface area contributed by atoms with Crippen LogP contribution in [0.25, 0.3) is 10.9 Å². The average Bonchev–Trinajstić information content (AvgIpc) is 3.10. The maximum Gasteiger partial charge on any atom is 0.437 e. The number of aromatic nitrogens is 3. The Labute approximate surface area is 190 Å². The number of carbonyl (C=O) groups is 2. The summed E-state index contributed by atoms with van der Waals surface area (Å²) in [7, 11) is 0. The van der Waals surface area contributed by atoms with Crippen LogP contribution in [0.3, 0.4) is 0 Å². The molecule has 7 nitrogen and oxygen atoms in total. The zero-order valence-electron chi connectivity index (χ0n) is 17.7. The van der Waals surface area contributed by atoms with Crippen molar-refractivity contribution in [1.29, 1.82) is 0 Å². The molecule has 0 aliphatic heterocycles. The molecule has 34 heavy (non-hydrogen) atoms. The van der Waals surface area contributed by atoms with E-state index in [0.717, 1.165) is 10.7 Å². The molecule has 0 unspecified atom stereocenters. The smallest absolute Gasteiger partial charge is 0.364 e. The van der Waals surface area contributed by atoms with Crippen molar-refractivity contribution >= 4 is 28.4 Å². The van der Waals surface area contributed by atoms with Gasteiger partial charge in [0, 0.05) is 5.39 Å². The average molecular weight is 471 g/mol. The van der Waals surface area contributed by atoms with Gasteiger partial charge in [0.2, 0.25) is 0 Å². The van der Waals surface area contributed by atoms with Gasteiger partial charge in [0.25, 0.3) is 11.8 Å². The van der Waals surface area contributed by atoms with Gasteiger partial charge in [-0.2, -0.15) is 18.3 Å². The van der Waals surface area contributed by atoms with E-state index in [1.807, 2.05) is 0 Å². The summed E-state index contributed by atoms with van der Waals surface area (Å²) in [5.74, 6) is -2.26. The van der Waals surface area contributed by atoms with Crippen LogP contribution in [0.5, 0.6) is 0 Å². The van der Waals surface area contributed by atoms with Crippen molar-refractivity contribution in [2.24, 2.45) is 5.73 Å². The highest BCUT2D eigenvalue weighted by molar-refractivity contribution is 6.14. The lowest BCUT2D eigenvalue weighted by Crippen LogP contribution is -2.19. The predicted octanol–water partition coefficient (Wildman–Crippen LogP) is 4.30. The number of para-hydroxylation sites is 1. The number of nitrogens with two attached hydrogens (primary N) is 1. The molecule has 3 N–H and O–H groups in total. The third-order valence-electron chi connectivity index (χ3n) is 5.17. The summed E-state index contributed by atoms with van der Waals surface area (Å²) in [6, 6.07) is 12.7. The Morgan fingerprint density at radius 3 is 2.41 bits per heavy atom. The van der Waals surface area contributed by atoms with Gasteiger partial charge >= 0.3 is 6.18 Å². The largest absolute Gasteiger partial charge is 0.437 e. The van der Waals surface area contributed by atoms with E-state index in [1.165, 1.54) is 31.2 Å². The number of benzene rings is 2. The lowest BCUT2D eigenvalue weighted by Gasteiger charge is -2.11. The van der Waals surface area contributed by atoms with Crippen LogP contribution in [0.15, 0.2) is 54.6 Å². The Morgan fingerprint density at radius 2 is 1.76 bits per heavy atom. The van der Waals surface area contributed by atoms with Crippen LogP contribution >= 0.6 is 0 Å². The number of rotatable bonds is 5. The third kappa shape index (κ3) is 4.45. The Kier molecular flexibility index (Phi) is 5.78. The van der Waals surface area contributed by atoms with Crippen LogP contribution in [0.4, 0.5) is 23.2 Å².